The van der Waals surface area contributed by atoms with Gasteiger partial charge in [-0.2, -0.15) is 0 Å². The first-order chi connectivity index (χ1) is 11.6. The van der Waals surface area contributed by atoms with Gasteiger partial charge in [0.15, 0.2) is 0 Å². The summed E-state index contributed by atoms with van der Waals surface area (Å²) in [5.74, 6) is -0.276. The van der Waals surface area contributed by atoms with Crippen LogP contribution in [0.3, 0.4) is 0 Å². The lowest BCUT2D eigenvalue weighted by Gasteiger charge is -2.37. The van der Waals surface area contributed by atoms with Crippen molar-refractivity contribution in [3.8, 4) is 0 Å². The van der Waals surface area contributed by atoms with Crippen molar-refractivity contribution in [1.82, 2.24) is 15.1 Å². The Bertz CT molecular complexity index is 594. The molecule has 0 spiro atoms. The summed E-state index contributed by atoms with van der Waals surface area (Å²) in [6.07, 6.45) is 3.18. The smallest absolute Gasteiger partial charge is 0.239 e. The minimum atomic E-state index is -0.344. The first-order valence-electron chi connectivity index (χ1n) is 8.68. The van der Waals surface area contributed by atoms with Crippen LogP contribution in [0.15, 0.2) is 24.3 Å². The van der Waals surface area contributed by atoms with Crippen molar-refractivity contribution in [2.45, 2.75) is 31.7 Å². The lowest BCUT2D eigenvalue weighted by Crippen LogP contribution is -2.56. The van der Waals surface area contributed by atoms with Gasteiger partial charge in [0.05, 0.1) is 12.5 Å². The fourth-order valence-corrected chi connectivity index (χ4v) is 3.38. The van der Waals surface area contributed by atoms with Crippen LogP contribution in [0, 0.1) is 5.82 Å². The predicted molar refractivity (Wildman–Crippen MR) is 88.9 cm³/mol. The van der Waals surface area contributed by atoms with Crippen LogP contribution in [-0.4, -0.2) is 60.4 Å². The molecule has 0 saturated carbocycles. The van der Waals surface area contributed by atoms with E-state index in [-0.39, 0.29) is 30.1 Å². The van der Waals surface area contributed by atoms with Crippen LogP contribution in [0.25, 0.3) is 0 Å². The van der Waals surface area contributed by atoms with Crippen molar-refractivity contribution in [2.75, 3.05) is 32.7 Å². The molecule has 24 heavy (non-hydrogen) atoms. The second kappa shape index (κ2) is 7.75. The molecule has 1 atom stereocenters. The first kappa shape index (κ1) is 16.9. The van der Waals surface area contributed by atoms with Gasteiger partial charge in [-0.15, -0.1) is 0 Å². The molecule has 6 heteroatoms. The second-order valence-corrected chi connectivity index (χ2v) is 6.48. The summed E-state index contributed by atoms with van der Waals surface area (Å²) < 4.78 is 13.7. The number of hydrogen-bond donors (Lipinski definition) is 1. The quantitative estimate of drug-likeness (QED) is 0.904. The molecule has 1 aromatic carbocycles. The van der Waals surface area contributed by atoms with Crippen molar-refractivity contribution in [3.63, 3.8) is 0 Å². The molecular weight excluding hydrogens is 309 g/mol. The van der Waals surface area contributed by atoms with Crippen LogP contribution in [0.4, 0.5) is 4.39 Å². The van der Waals surface area contributed by atoms with Crippen LogP contribution >= 0.6 is 0 Å². The minimum Gasteiger partial charge on any atom is -0.339 e. The molecular formula is C18H24FN3O2. The van der Waals surface area contributed by atoms with Crippen LogP contribution in [0.1, 0.15) is 24.8 Å². The van der Waals surface area contributed by atoms with Gasteiger partial charge in [-0.3, -0.25) is 9.59 Å². The van der Waals surface area contributed by atoms with Crippen LogP contribution in [-0.2, 0) is 16.0 Å². The molecule has 0 aliphatic carbocycles. The standard InChI is InChI=1S/C18H24FN3O2/c19-15-6-2-1-5-14(15)13-17(23)21-9-11-22(12-10-21)18(24)16-7-3-4-8-20-16/h1-2,5-6,16,20H,3-4,7-13H2. The summed E-state index contributed by atoms with van der Waals surface area (Å²) >= 11 is 0. The van der Waals surface area contributed by atoms with Gasteiger partial charge < -0.3 is 15.1 Å². The highest BCUT2D eigenvalue weighted by Crippen LogP contribution is 2.13. The highest BCUT2D eigenvalue weighted by atomic mass is 19.1. The fourth-order valence-electron chi connectivity index (χ4n) is 3.38. The maximum atomic E-state index is 13.7. The van der Waals surface area contributed by atoms with Gasteiger partial charge in [0.2, 0.25) is 11.8 Å². The summed E-state index contributed by atoms with van der Waals surface area (Å²) in [5.41, 5.74) is 0.424. The van der Waals surface area contributed by atoms with Crippen molar-refractivity contribution in [1.29, 1.82) is 0 Å². The van der Waals surface area contributed by atoms with Crippen LogP contribution in [0.5, 0.6) is 0 Å². The lowest BCUT2D eigenvalue weighted by molar-refractivity contribution is -0.140. The molecule has 0 aromatic heterocycles. The molecule has 0 bridgehead atoms. The number of nitrogens with one attached hydrogen (secondary N) is 1. The molecule has 0 radical (unpaired) electrons. The van der Waals surface area contributed by atoms with E-state index in [2.05, 4.69) is 5.32 Å². The Morgan fingerprint density at radius 1 is 1.08 bits per heavy atom. The molecule has 130 valence electrons. The summed E-state index contributed by atoms with van der Waals surface area (Å²) in [4.78, 5) is 28.4. The Morgan fingerprint density at radius 2 is 1.79 bits per heavy atom. The molecule has 2 saturated heterocycles. The highest BCUT2D eigenvalue weighted by Gasteiger charge is 2.29. The van der Waals surface area contributed by atoms with Crippen molar-refractivity contribution in [3.05, 3.63) is 35.6 Å². The van der Waals surface area contributed by atoms with E-state index in [9.17, 15) is 14.0 Å². The average Bonchev–Trinajstić information content (AvgIpc) is 2.64. The van der Waals surface area contributed by atoms with Gasteiger partial charge in [0.1, 0.15) is 5.82 Å². The van der Waals surface area contributed by atoms with E-state index >= 15 is 0 Å². The summed E-state index contributed by atoms with van der Waals surface area (Å²) in [5, 5.41) is 3.28. The molecule has 1 unspecified atom stereocenters. The summed E-state index contributed by atoms with van der Waals surface area (Å²) in [7, 11) is 0. The zero-order chi connectivity index (χ0) is 16.9. The molecule has 2 aliphatic heterocycles. The van der Waals surface area contributed by atoms with E-state index in [1.807, 2.05) is 4.90 Å². The molecule has 2 amide bonds. The van der Waals surface area contributed by atoms with E-state index in [4.69, 9.17) is 0 Å². The SMILES string of the molecule is O=C(Cc1ccccc1F)N1CCN(C(=O)C2CCCCN2)CC1. The van der Waals surface area contributed by atoms with Crippen molar-refractivity contribution < 1.29 is 14.0 Å². The Hall–Kier alpha value is -1.95. The van der Waals surface area contributed by atoms with Gasteiger partial charge in [-0.25, -0.2) is 4.39 Å². The summed E-state index contributed by atoms with van der Waals surface area (Å²) in [6.45, 7) is 3.05. The van der Waals surface area contributed by atoms with E-state index in [1.165, 1.54) is 6.07 Å². The molecule has 2 heterocycles. The molecule has 2 fully saturated rings. The van der Waals surface area contributed by atoms with Gasteiger partial charge >= 0.3 is 0 Å². The zero-order valence-corrected chi connectivity index (χ0v) is 13.8. The number of carbonyl (C=O) groups is 2. The Balaban J connectivity index is 1.50. The number of hydrogen-bond acceptors (Lipinski definition) is 3. The number of halogens is 1. The van der Waals surface area contributed by atoms with E-state index < -0.39 is 0 Å². The Morgan fingerprint density at radius 3 is 2.46 bits per heavy atom. The van der Waals surface area contributed by atoms with Crippen LogP contribution < -0.4 is 5.32 Å². The zero-order valence-electron chi connectivity index (χ0n) is 13.8. The van der Waals surface area contributed by atoms with Crippen LogP contribution in [0.2, 0.25) is 0 Å². The average molecular weight is 333 g/mol. The largest absolute Gasteiger partial charge is 0.339 e. The van der Waals surface area contributed by atoms with Crippen molar-refractivity contribution in [2.24, 2.45) is 0 Å². The maximum absolute atomic E-state index is 13.7. The number of nitrogens with zero attached hydrogens (tertiary/aromatic N) is 2. The monoisotopic (exact) mass is 333 g/mol. The number of amides is 2. The third kappa shape index (κ3) is 3.93. The van der Waals surface area contributed by atoms with E-state index in [0.717, 1.165) is 25.8 Å². The highest BCUT2D eigenvalue weighted by molar-refractivity contribution is 5.83. The number of piperidine rings is 1. The third-order valence-corrected chi connectivity index (χ3v) is 4.85. The van der Waals surface area contributed by atoms with Gasteiger partial charge in [0.25, 0.3) is 0 Å². The number of piperazine rings is 1. The summed E-state index contributed by atoms with van der Waals surface area (Å²) in [6, 6.07) is 6.30. The molecule has 2 aliphatic rings. The maximum Gasteiger partial charge on any atom is 0.239 e. The van der Waals surface area contributed by atoms with E-state index in [0.29, 0.717) is 31.7 Å². The molecule has 3 rings (SSSR count). The Labute approximate surface area is 141 Å². The number of carbonyl (C=O) groups excluding carboxylic acids is 2. The van der Waals surface area contributed by atoms with Gasteiger partial charge in [-0.1, -0.05) is 24.6 Å². The predicted octanol–water partition coefficient (Wildman–Crippen LogP) is 1.18. The topological polar surface area (TPSA) is 52.7 Å². The van der Waals surface area contributed by atoms with Gasteiger partial charge in [-0.05, 0) is 31.0 Å². The second-order valence-electron chi connectivity index (χ2n) is 6.48. The lowest BCUT2D eigenvalue weighted by atomic mass is 10.0. The molecule has 1 aromatic rings. The third-order valence-electron chi connectivity index (χ3n) is 4.85. The Kier molecular flexibility index (Phi) is 5.45. The minimum absolute atomic E-state index is 0.0700. The number of rotatable bonds is 3. The number of benzene rings is 1. The van der Waals surface area contributed by atoms with E-state index in [1.54, 1.807) is 23.1 Å². The molecule has 1 N–H and O–H groups in total. The van der Waals surface area contributed by atoms with Gasteiger partial charge in [0, 0.05) is 26.2 Å². The fraction of sp³-hybridized carbons (Fsp3) is 0.556. The van der Waals surface area contributed by atoms with Crippen molar-refractivity contribution >= 4 is 11.8 Å². The first-order valence-corrected chi connectivity index (χ1v) is 8.68. The molecule has 5 nitrogen and oxygen atoms in total. The normalized spacial score (nSPS) is 21.6.